The molecule has 29 heavy (non-hydrogen) atoms. The lowest BCUT2D eigenvalue weighted by molar-refractivity contribution is -0.197. The van der Waals surface area contributed by atoms with Crippen LogP contribution >= 0.6 is 0 Å². The number of nitrogens with one attached hydrogen (secondary N) is 2. The van der Waals surface area contributed by atoms with Crippen LogP contribution in [0.4, 0.5) is 0 Å². The van der Waals surface area contributed by atoms with Crippen molar-refractivity contribution in [2.24, 2.45) is 0 Å². The zero-order valence-corrected chi connectivity index (χ0v) is 17.5. The SMILES string of the molecule is CC(=O)NCCCCC(C(=O)NCCCCC(=O)ON1C(=O)CCC1=O)N(C)C. The first-order valence-corrected chi connectivity index (χ1v) is 9.97. The summed E-state index contributed by atoms with van der Waals surface area (Å²) in [5.74, 6) is -1.77. The lowest BCUT2D eigenvalue weighted by Gasteiger charge is -2.23. The molecule has 1 heterocycles. The minimum absolute atomic E-state index is 0.0607. The fraction of sp³-hybridized carbons (Fsp3) is 0.737. The first-order chi connectivity index (χ1) is 13.7. The van der Waals surface area contributed by atoms with Gasteiger partial charge in [-0.05, 0) is 46.2 Å². The number of carbonyl (C=O) groups is 5. The number of carbonyl (C=O) groups excluding carboxylic acids is 5. The average Bonchev–Trinajstić information content (AvgIpc) is 2.95. The number of hydroxylamine groups is 2. The second-order valence-corrected chi connectivity index (χ2v) is 7.25. The number of unbranched alkanes of at least 4 members (excludes halogenated alkanes) is 2. The molecule has 0 radical (unpaired) electrons. The molecule has 4 amide bonds. The summed E-state index contributed by atoms with van der Waals surface area (Å²) in [6.45, 7) is 2.49. The molecule has 10 heteroatoms. The monoisotopic (exact) mass is 412 g/mol. The molecule has 1 unspecified atom stereocenters. The molecule has 1 fully saturated rings. The van der Waals surface area contributed by atoms with Crippen LogP contribution in [-0.4, -0.2) is 72.8 Å². The Morgan fingerprint density at radius 3 is 2.17 bits per heavy atom. The maximum atomic E-state index is 12.4. The normalized spacial score (nSPS) is 14.8. The Bertz CT molecular complexity index is 592. The molecule has 164 valence electrons. The predicted octanol–water partition coefficient (Wildman–Crippen LogP) is 0.117. The van der Waals surface area contributed by atoms with Crippen molar-refractivity contribution in [3.8, 4) is 0 Å². The summed E-state index contributed by atoms with van der Waals surface area (Å²) in [6, 6.07) is -0.260. The van der Waals surface area contributed by atoms with E-state index in [-0.39, 0.29) is 37.1 Å². The third kappa shape index (κ3) is 9.51. The third-order valence-electron chi connectivity index (χ3n) is 4.51. The average molecular weight is 412 g/mol. The number of likely N-dealkylation sites (N-methyl/N-ethyl adjacent to an activating group) is 1. The minimum atomic E-state index is -0.634. The highest BCUT2D eigenvalue weighted by Crippen LogP contribution is 2.13. The molecule has 0 aromatic heterocycles. The van der Waals surface area contributed by atoms with E-state index in [1.807, 2.05) is 19.0 Å². The van der Waals surface area contributed by atoms with Crippen molar-refractivity contribution < 1.29 is 28.8 Å². The van der Waals surface area contributed by atoms with Gasteiger partial charge in [0.15, 0.2) is 0 Å². The molecule has 0 aliphatic carbocycles. The quantitative estimate of drug-likeness (QED) is 0.325. The summed E-state index contributed by atoms with van der Waals surface area (Å²) in [5, 5.41) is 6.13. The smallest absolute Gasteiger partial charge is 0.333 e. The Morgan fingerprint density at radius 1 is 1.00 bits per heavy atom. The molecule has 0 aromatic carbocycles. The van der Waals surface area contributed by atoms with Crippen LogP contribution in [0.3, 0.4) is 0 Å². The number of hydrogen-bond acceptors (Lipinski definition) is 7. The van der Waals surface area contributed by atoms with E-state index in [1.54, 1.807) is 0 Å². The summed E-state index contributed by atoms with van der Waals surface area (Å²) in [6.07, 6.45) is 3.55. The van der Waals surface area contributed by atoms with Gasteiger partial charge in [-0.1, -0.05) is 0 Å². The highest BCUT2D eigenvalue weighted by molar-refractivity contribution is 6.01. The van der Waals surface area contributed by atoms with Gasteiger partial charge in [0.25, 0.3) is 11.8 Å². The predicted molar refractivity (Wildman–Crippen MR) is 104 cm³/mol. The lowest BCUT2D eigenvalue weighted by Crippen LogP contribution is -2.43. The Balaban J connectivity index is 2.19. The molecule has 1 aliphatic heterocycles. The molecule has 0 aromatic rings. The van der Waals surface area contributed by atoms with Gasteiger partial charge < -0.3 is 15.5 Å². The van der Waals surface area contributed by atoms with Crippen LogP contribution in [0.2, 0.25) is 0 Å². The van der Waals surface area contributed by atoms with Crippen LogP contribution in [0.1, 0.15) is 58.3 Å². The van der Waals surface area contributed by atoms with Crippen LogP contribution in [0, 0.1) is 0 Å². The number of imide groups is 1. The van der Waals surface area contributed by atoms with Crippen molar-refractivity contribution in [1.82, 2.24) is 20.6 Å². The molecule has 10 nitrogen and oxygen atoms in total. The van der Waals surface area contributed by atoms with E-state index < -0.39 is 17.8 Å². The summed E-state index contributed by atoms with van der Waals surface area (Å²) < 4.78 is 0. The molecule has 1 rings (SSSR count). The number of rotatable bonds is 13. The van der Waals surface area contributed by atoms with Crippen molar-refractivity contribution in [2.45, 2.75) is 64.3 Å². The maximum Gasteiger partial charge on any atom is 0.333 e. The Kier molecular flexibility index (Phi) is 10.9. The Hall–Kier alpha value is -2.49. The second-order valence-electron chi connectivity index (χ2n) is 7.25. The zero-order valence-electron chi connectivity index (χ0n) is 17.5. The van der Waals surface area contributed by atoms with E-state index >= 15 is 0 Å². The number of nitrogens with zero attached hydrogens (tertiary/aromatic N) is 2. The van der Waals surface area contributed by atoms with Gasteiger partial charge in [0.1, 0.15) is 0 Å². The fourth-order valence-electron chi connectivity index (χ4n) is 2.88. The van der Waals surface area contributed by atoms with Crippen molar-refractivity contribution in [2.75, 3.05) is 27.2 Å². The van der Waals surface area contributed by atoms with E-state index in [9.17, 15) is 24.0 Å². The molecule has 2 N–H and O–H groups in total. The van der Waals surface area contributed by atoms with Gasteiger partial charge in [-0.2, -0.15) is 0 Å². The molecule has 1 saturated heterocycles. The van der Waals surface area contributed by atoms with Crippen LogP contribution in [0.25, 0.3) is 0 Å². The van der Waals surface area contributed by atoms with Crippen molar-refractivity contribution in [3.63, 3.8) is 0 Å². The van der Waals surface area contributed by atoms with Gasteiger partial charge in [0.05, 0.1) is 6.04 Å². The largest absolute Gasteiger partial charge is 0.356 e. The fourth-order valence-corrected chi connectivity index (χ4v) is 2.88. The zero-order chi connectivity index (χ0) is 21.8. The van der Waals surface area contributed by atoms with Gasteiger partial charge >= 0.3 is 5.97 Å². The maximum absolute atomic E-state index is 12.4. The number of amides is 4. The molecule has 1 atom stereocenters. The molecular weight excluding hydrogens is 380 g/mol. The van der Waals surface area contributed by atoms with Crippen LogP contribution in [0.15, 0.2) is 0 Å². The van der Waals surface area contributed by atoms with Crippen molar-refractivity contribution in [3.05, 3.63) is 0 Å². The first-order valence-electron chi connectivity index (χ1n) is 9.97. The van der Waals surface area contributed by atoms with Crippen molar-refractivity contribution in [1.29, 1.82) is 0 Å². The van der Waals surface area contributed by atoms with Gasteiger partial charge in [0.2, 0.25) is 11.8 Å². The van der Waals surface area contributed by atoms with Gasteiger partial charge in [-0.25, -0.2) is 4.79 Å². The molecular formula is C19H32N4O6. The van der Waals surface area contributed by atoms with Gasteiger partial charge in [-0.3, -0.25) is 24.1 Å². The lowest BCUT2D eigenvalue weighted by atomic mass is 10.1. The van der Waals surface area contributed by atoms with E-state index in [2.05, 4.69) is 10.6 Å². The topological polar surface area (TPSA) is 125 Å². The van der Waals surface area contributed by atoms with Crippen LogP contribution < -0.4 is 10.6 Å². The second kappa shape index (κ2) is 12.9. The molecule has 0 saturated carbocycles. The number of hydrogen-bond donors (Lipinski definition) is 2. The van der Waals surface area contributed by atoms with Crippen LogP contribution in [-0.2, 0) is 28.8 Å². The summed E-state index contributed by atoms with van der Waals surface area (Å²) in [7, 11) is 3.68. The third-order valence-corrected chi connectivity index (χ3v) is 4.51. The highest BCUT2D eigenvalue weighted by Gasteiger charge is 2.32. The minimum Gasteiger partial charge on any atom is -0.356 e. The van der Waals surface area contributed by atoms with Crippen molar-refractivity contribution >= 4 is 29.6 Å². The Morgan fingerprint density at radius 2 is 1.59 bits per heavy atom. The Labute approximate surface area is 171 Å². The van der Waals surface area contributed by atoms with Crippen LogP contribution in [0.5, 0.6) is 0 Å². The summed E-state index contributed by atoms with van der Waals surface area (Å²) in [4.78, 5) is 64.3. The van der Waals surface area contributed by atoms with E-state index in [0.29, 0.717) is 37.4 Å². The van der Waals surface area contributed by atoms with Gasteiger partial charge in [0, 0.05) is 39.3 Å². The molecule has 1 aliphatic rings. The molecule has 0 bridgehead atoms. The standard InChI is InChI=1S/C19H32N4O6/c1-14(24)20-12-6-4-8-15(22(2)3)19(28)21-13-7-5-9-18(27)29-23-16(25)10-11-17(23)26/h15H,4-13H2,1-3H3,(H,20,24)(H,21,28). The van der Waals surface area contributed by atoms with E-state index in [0.717, 1.165) is 12.8 Å². The summed E-state index contributed by atoms with van der Waals surface area (Å²) >= 11 is 0. The molecule has 0 spiro atoms. The van der Waals surface area contributed by atoms with E-state index in [4.69, 9.17) is 4.84 Å². The summed E-state index contributed by atoms with van der Waals surface area (Å²) in [5.41, 5.74) is 0. The highest BCUT2D eigenvalue weighted by atomic mass is 16.7. The van der Waals surface area contributed by atoms with E-state index in [1.165, 1.54) is 6.92 Å². The first kappa shape index (κ1) is 24.5. The van der Waals surface area contributed by atoms with Gasteiger partial charge in [-0.15, -0.1) is 5.06 Å².